The zero-order valence-corrected chi connectivity index (χ0v) is 15.3. The van der Waals surface area contributed by atoms with Crippen LogP contribution >= 0.6 is 27.7 Å². The molecular weight excluding hydrogens is 380 g/mol. The van der Waals surface area contributed by atoms with Crippen LogP contribution in [0.2, 0.25) is 0 Å². The number of anilines is 1. The molecule has 0 spiro atoms. The molecule has 0 atom stereocenters. The van der Waals surface area contributed by atoms with E-state index in [0.29, 0.717) is 18.8 Å². The molecule has 7 nitrogen and oxygen atoms in total. The van der Waals surface area contributed by atoms with Crippen LogP contribution in [0.25, 0.3) is 0 Å². The minimum Gasteiger partial charge on any atom is -0.352 e. The number of piperazine rings is 1. The summed E-state index contributed by atoms with van der Waals surface area (Å²) in [5.41, 5.74) is 0.617. The van der Waals surface area contributed by atoms with Crippen LogP contribution in [0.5, 0.6) is 0 Å². The van der Waals surface area contributed by atoms with Gasteiger partial charge in [0.05, 0.1) is 17.0 Å². The third kappa shape index (κ3) is 3.35. The molecule has 2 aromatic heterocycles. The van der Waals surface area contributed by atoms with E-state index < -0.39 is 0 Å². The van der Waals surface area contributed by atoms with Crippen LogP contribution in [0.3, 0.4) is 0 Å². The number of carbonyl (C=O) groups is 1. The van der Waals surface area contributed by atoms with E-state index >= 15 is 0 Å². The molecule has 122 valence electrons. The van der Waals surface area contributed by atoms with Gasteiger partial charge in [-0.15, -0.1) is 0 Å². The molecular formula is C14H17BrN6OS. The fourth-order valence-electron chi connectivity index (χ4n) is 2.51. The number of halogens is 1. The van der Waals surface area contributed by atoms with Crippen molar-refractivity contribution in [3.63, 3.8) is 0 Å². The summed E-state index contributed by atoms with van der Waals surface area (Å²) >= 11 is 5.03. The summed E-state index contributed by atoms with van der Waals surface area (Å²) in [6, 6.07) is 0. The summed E-state index contributed by atoms with van der Waals surface area (Å²) in [7, 11) is 1.83. The number of aromatic nitrogens is 4. The quantitative estimate of drug-likeness (QED) is 0.580. The predicted molar refractivity (Wildman–Crippen MR) is 92.8 cm³/mol. The fraction of sp³-hybridized carbons (Fsp3) is 0.429. The maximum Gasteiger partial charge on any atom is 0.272 e. The second-order valence-corrected chi connectivity index (χ2v) is 6.83. The van der Waals surface area contributed by atoms with Gasteiger partial charge < -0.3 is 14.4 Å². The number of hydrogen-bond acceptors (Lipinski definition) is 6. The zero-order chi connectivity index (χ0) is 16.4. The number of imidazole rings is 1. The third-order valence-electron chi connectivity index (χ3n) is 3.79. The Morgan fingerprint density at radius 1 is 1.26 bits per heavy atom. The van der Waals surface area contributed by atoms with E-state index in [1.165, 1.54) is 11.8 Å². The van der Waals surface area contributed by atoms with Crippen LogP contribution in [0.4, 0.5) is 5.82 Å². The van der Waals surface area contributed by atoms with Crippen molar-refractivity contribution in [3.05, 3.63) is 28.9 Å². The third-order valence-corrected chi connectivity index (χ3v) is 4.91. The molecule has 1 amide bonds. The van der Waals surface area contributed by atoms with Crippen molar-refractivity contribution < 1.29 is 4.79 Å². The molecule has 3 heterocycles. The van der Waals surface area contributed by atoms with E-state index in [4.69, 9.17) is 0 Å². The summed E-state index contributed by atoms with van der Waals surface area (Å²) < 4.78 is 2.63. The highest BCUT2D eigenvalue weighted by atomic mass is 79.9. The molecule has 1 fully saturated rings. The molecule has 1 aliphatic heterocycles. The number of carbonyl (C=O) groups excluding carboxylic acids is 1. The highest BCUT2D eigenvalue weighted by Crippen LogP contribution is 2.26. The first-order valence-corrected chi connectivity index (χ1v) is 9.19. The molecule has 23 heavy (non-hydrogen) atoms. The summed E-state index contributed by atoms with van der Waals surface area (Å²) in [6.07, 6.45) is 6.99. The van der Waals surface area contributed by atoms with Gasteiger partial charge in [0.25, 0.3) is 5.91 Å². The Balaban J connectivity index is 1.69. The molecule has 0 aromatic carbocycles. The topological polar surface area (TPSA) is 67.2 Å². The summed E-state index contributed by atoms with van der Waals surface area (Å²) in [5, 5.41) is 0.747. The van der Waals surface area contributed by atoms with Gasteiger partial charge in [0, 0.05) is 39.4 Å². The Hall–Kier alpha value is -1.61. The number of rotatable bonds is 3. The molecule has 0 aliphatic carbocycles. The van der Waals surface area contributed by atoms with Crippen molar-refractivity contribution in [2.45, 2.75) is 5.16 Å². The fourth-order valence-corrected chi connectivity index (χ4v) is 3.29. The molecule has 0 saturated carbocycles. The van der Waals surface area contributed by atoms with Crippen LogP contribution in [-0.2, 0) is 7.05 Å². The van der Waals surface area contributed by atoms with Crippen molar-refractivity contribution in [2.75, 3.05) is 37.3 Å². The lowest BCUT2D eigenvalue weighted by molar-refractivity contribution is 0.0737. The predicted octanol–water partition coefficient (Wildman–Crippen LogP) is 1.66. The monoisotopic (exact) mass is 396 g/mol. The summed E-state index contributed by atoms with van der Waals surface area (Å²) in [5.74, 6) is 0.910. The highest BCUT2D eigenvalue weighted by Gasteiger charge is 2.25. The normalized spacial score (nSPS) is 15.1. The van der Waals surface area contributed by atoms with Gasteiger partial charge in [-0.2, -0.15) is 0 Å². The SMILES string of the molecule is CSc1ncc(Br)c(N2CCN(C(=O)c3cncn3C)CC2)n1. The zero-order valence-electron chi connectivity index (χ0n) is 12.9. The largest absolute Gasteiger partial charge is 0.352 e. The molecule has 9 heteroatoms. The smallest absolute Gasteiger partial charge is 0.272 e. The second-order valence-electron chi connectivity index (χ2n) is 5.20. The lowest BCUT2D eigenvalue weighted by atomic mass is 10.3. The van der Waals surface area contributed by atoms with Crippen LogP contribution in [0, 0.1) is 0 Å². The number of thioether (sulfide) groups is 1. The van der Waals surface area contributed by atoms with Gasteiger partial charge in [-0.25, -0.2) is 15.0 Å². The Kier molecular flexibility index (Phi) is 4.86. The summed E-state index contributed by atoms with van der Waals surface area (Å²) in [4.78, 5) is 29.4. The maximum atomic E-state index is 12.5. The Morgan fingerprint density at radius 3 is 2.61 bits per heavy atom. The molecule has 1 aliphatic rings. The van der Waals surface area contributed by atoms with Crippen molar-refractivity contribution in [2.24, 2.45) is 7.05 Å². The van der Waals surface area contributed by atoms with Crippen molar-refractivity contribution >= 4 is 39.4 Å². The molecule has 3 rings (SSSR count). The average Bonchev–Trinajstić information content (AvgIpc) is 3.01. The van der Waals surface area contributed by atoms with Crippen LogP contribution in [-0.4, -0.2) is 62.8 Å². The van der Waals surface area contributed by atoms with E-state index in [2.05, 4.69) is 35.8 Å². The number of hydrogen-bond donors (Lipinski definition) is 0. The maximum absolute atomic E-state index is 12.5. The van der Waals surface area contributed by atoms with Crippen molar-refractivity contribution in [3.8, 4) is 0 Å². The standard InChI is InChI=1S/C14H17BrN6OS/c1-19-9-16-8-11(19)13(22)21-5-3-20(4-6-21)12-10(15)7-17-14(18-12)23-2/h7-9H,3-6H2,1-2H3. The van der Waals surface area contributed by atoms with E-state index in [0.717, 1.165) is 28.5 Å². The molecule has 0 N–H and O–H groups in total. The van der Waals surface area contributed by atoms with Gasteiger partial charge in [0.15, 0.2) is 5.16 Å². The average molecular weight is 397 g/mol. The lowest BCUT2D eigenvalue weighted by Gasteiger charge is -2.35. The molecule has 0 radical (unpaired) electrons. The Morgan fingerprint density at radius 2 is 2.00 bits per heavy atom. The van der Waals surface area contributed by atoms with Crippen molar-refractivity contribution in [1.29, 1.82) is 0 Å². The van der Waals surface area contributed by atoms with Crippen molar-refractivity contribution in [1.82, 2.24) is 24.4 Å². The highest BCUT2D eigenvalue weighted by molar-refractivity contribution is 9.10. The first-order valence-electron chi connectivity index (χ1n) is 7.17. The first-order chi connectivity index (χ1) is 11.1. The number of aryl methyl sites for hydroxylation is 1. The molecule has 0 unspecified atom stereocenters. The minimum absolute atomic E-state index is 0.0243. The molecule has 0 bridgehead atoms. The van der Waals surface area contributed by atoms with E-state index in [9.17, 15) is 4.79 Å². The molecule has 1 saturated heterocycles. The first kappa shape index (κ1) is 16.3. The Bertz CT molecular complexity index is 713. The molecule has 2 aromatic rings. The van der Waals surface area contributed by atoms with E-state index in [1.807, 2.05) is 18.2 Å². The van der Waals surface area contributed by atoms with Gasteiger partial charge in [0.2, 0.25) is 0 Å². The van der Waals surface area contributed by atoms with Gasteiger partial charge >= 0.3 is 0 Å². The van der Waals surface area contributed by atoms with Crippen LogP contribution in [0.15, 0.2) is 28.4 Å². The second kappa shape index (κ2) is 6.88. The number of amides is 1. The van der Waals surface area contributed by atoms with Gasteiger partial charge in [-0.3, -0.25) is 4.79 Å². The summed E-state index contributed by atoms with van der Waals surface area (Å²) in [6.45, 7) is 2.81. The van der Waals surface area contributed by atoms with Crippen LogP contribution < -0.4 is 4.90 Å². The Labute approximate surface area is 147 Å². The van der Waals surface area contributed by atoms with E-state index in [1.54, 1.807) is 23.3 Å². The number of nitrogens with zero attached hydrogens (tertiary/aromatic N) is 6. The van der Waals surface area contributed by atoms with Gasteiger partial charge in [0.1, 0.15) is 11.5 Å². The van der Waals surface area contributed by atoms with E-state index in [-0.39, 0.29) is 5.91 Å². The van der Waals surface area contributed by atoms with Crippen LogP contribution in [0.1, 0.15) is 10.5 Å². The minimum atomic E-state index is 0.0243. The van der Waals surface area contributed by atoms with Gasteiger partial charge in [-0.05, 0) is 22.2 Å². The lowest BCUT2D eigenvalue weighted by Crippen LogP contribution is -2.49. The van der Waals surface area contributed by atoms with Gasteiger partial charge in [-0.1, -0.05) is 11.8 Å².